The number of benzene rings is 3. The molecule has 0 spiro atoms. The van der Waals surface area contributed by atoms with E-state index in [1.165, 1.54) is 12.1 Å². The van der Waals surface area contributed by atoms with Crippen molar-refractivity contribution >= 4 is 21.9 Å². The molecular weight excluding hydrogens is 500 g/mol. The lowest BCUT2D eigenvalue weighted by Crippen LogP contribution is -2.40. The van der Waals surface area contributed by atoms with Crippen LogP contribution in [0.25, 0.3) is 11.3 Å². The maximum absolute atomic E-state index is 13.5. The number of aryl methyl sites for hydroxylation is 2. The third-order valence-corrected chi connectivity index (χ3v) is 8.40. The lowest BCUT2D eigenvalue weighted by Gasteiger charge is -2.34. The molecule has 6 bridgehead atoms. The Bertz CT molecular complexity index is 1670. The van der Waals surface area contributed by atoms with Crippen molar-refractivity contribution in [3.05, 3.63) is 101 Å². The Balaban J connectivity index is 1.52. The fourth-order valence-corrected chi connectivity index (χ4v) is 6.23. The number of ether oxygens (including phenoxy) is 1. The Morgan fingerprint density at radius 3 is 2.53 bits per heavy atom. The molecule has 3 aromatic carbocycles. The van der Waals surface area contributed by atoms with Crippen molar-refractivity contribution in [2.45, 2.75) is 31.2 Å². The Kier molecular flexibility index (Phi) is 5.87. The van der Waals surface area contributed by atoms with Gasteiger partial charge in [-0.05, 0) is 54.3 Å². The highest BCUT2D eigenvalue weighted by molar-refractivity contribution is 7.92. The molecule has 0 fully saturated rings. The molecule has 0 saturated carbocycles. The van der Waals surface area contributed by atoms with Gasteiger partial charge in [-0.25, -0.2) is 18.1 Å². The molecule has 1 unspecified atom stereocenters. The summed E-state index contributed by atoms with van der Waals surface area (Å²) in [5, 5.41) is 0. The topological polar surface area (TPSA) is 101 Å². The van der Waals surface area contributed by atoms with Gasteiger partial charge in [0.15, 0.2) is 0 Å². The summed E-state index contributed by atoms with van der Waals surface area (Å²) in [4.78, 5) is 24.2. The van der Waals surface area contributed by atoms with Crippen LogP contribution in [-0.4, -0.2) is 42.3 Å². The van der Waals surface area contributed by atoms with Crippen LogP contribution in [0.4, 0.5) is 5.95 Å². The van der Waals surface area contributed by atoms with Crippen molar-refractivity contribution in [3.8, 4) is 17.1 Å². The second-order valence-electron chi connectivity index (χ2n) is 9.71. The summed E-state index contributed by atoms with van der Waals surface area (Å²) in [5.74, 6) is -0.166. The van der Waals surface area contributed by atoms with Crippen LogP contribution in [0.2, 0.25) is 0 Å². The fraction of sp³-hybridized carbons (Fsp3) is 0.207. The summed E-state index contributed by atoms with van der Waals surface area (Å²) < 4.78 is 35.4. The first-order chi connectivity index (χ1) is 18.3. The Morgan fingerprint density at radius 2 is 1.71 bits per heavy atom. The van der Waals surface area contributed by atoms with E-state index in [2.05, 4.69) is 20.8 Å². The minimum absolute atomic E-state index is 0.0436. The molecule has 1 N–H and O–H groups in total. The number of rotatable bonds is 1. The van der Waals surface area contributed by atoms with Crippen LogP contribution >= 0.6 is 0 Å². The monoisotopic (exact) mass is 526 g/mol. The van der Waals surface area contributed by atoms with E-state index in [0.29, 0.717) is 24.3 Å². The number of sulfonamides is 1. The number of nitrogens with one attached hydrogen (secondary N) is 1. The predicted molar refractivity (Wildman–Crippen MR) is 144 cm³/mol. The zero-order chi connectivity index (χ0) is 26.4. The molecule has 1 atom stereocenters. The summed E-state index contributed by atoms with van der Waals surface area (Å²) in [7, 11) is -4.08. The molecule has 38 heavy (non-hydrogen) atoms. The fourth-order valence-electron chi connectivity index (χ4n) is 5.24. The molecule has 0 saturated heterocycles. The molecule has 8 nitrogen and oxygen atoms in total. The first-order valence-corrected chi connectivity index (χ1v) is 13.9. The van der Waals surface area contributed by atoms with E-state index in [9.17, 15) is 13.2 Å². The molecule has 2 aliphatic rings. The van der Waals surface area contributed by atoms with Crippen LogP contribution in [0.1, 0.15) is 38.5 Å². The zero-order valence-corrected chi connectivity index (χ0v) is 21.8. The minimum Gasteiger partial charge on any atom is -0.477 e. The Hall–Kier alpha value is -4.24. The van der Waals surface area contributed by atoms with Crippen LogP contribution in [-0.2, 0) is 16.6 Å². The van der Waals surface area contributed by atoms with Crippen LogP contribution in [0.3, 0.4) is 0 Å². The van der Waals surface area contributed by atoms with Crippen LogP contribution in [0.5, 0.6) is 5.88 Å². The number of fused-ring (bicyclic) bond motifs is 8. The van der Waals surface area contributed by atoms with E-state index in [-0.39, 0.29) is 35.2 Å². The number of amides is 1. The second-order valence-corrected chi connectivity index (χ2v) is 11.4. The third-order valence-electron chi connectivity index (χ3n) is 7.07. The number of carbonyl (C=O) groups excluding carboxylic acids is 1. The number of carbonyl (C=O) groups is 1. The first-order valence-electron chi connectivity index (χ1n) is 12.4. The van der Waals surface area contributed by atoms with Gasteiger partial charge in [0.2, 0.25) is 11.8 Å². The highest BCUT2D eigenvalue weighted by Crippen LogP contribution is 2.33. The molecule has 2 aliphatic heterocycles. The standard InChI is InChI=1S/C29H26N4O4S/c1-18-7-5-8-19(2)27(18)25-14-26-31-29(30-25)32-38(35,36)23-11-6-10-20(13-23)28(34)33-15-21-9-3-4-12-24(21)22(16-33)17-37-26/h3-14,22H,15-17H2,1-2H3,(H,30,31,32). The second kappa shape index (κ2) is 9.25. The summed E-state index contributed by atoms with van der Waals surface area (Å²) in [6, 6.07) is 21.7. The van der Waals surface area contributed by atoms with E-state index in [1.807, 2.05) is 50.2 Å². The molecule has 6 rings (SSSR count). The minimum atomic E-state index is -4.08. The number of hydrogen-bond donors (Lipinski definition) is 1. The lowest BCUT2D eigenvalue weighted by molar-refractivity contribution is 0.0701. The summed E-state index contributed by atoms with van der Waals surface area (Å²) in [5.41, 5.74) is 5.92. The van der Waals surface area contributed by atoms with Gasteiger partial charge in [-0.1, -0.05) is 48.5 Å². The number of nitrogens with zero attached hydrogens (tertiary/aromatic N) is 3. The number of anilines is 1. The van der Waals surface area contributed by atoms with Gasteiger partial charge in [0, 0.05) is 36.2 Å². The zero-order valence-electron chi connectivity index (χ0n) is 21.0. The van der Waals surface area contributed by atoms with Crippen LogP contribution < -0.4 is 9.46 Å². The first kappa shape index (κ1) is 24.1. The molecule has 192 valence electrons. The van der Waals surface area contributed by atoms with E-state index in [1.54, 1.807) is 23.1 Å². The van der Waals surface area contributed by atoms with Gasteiger partial charge in [0.1, 0.15) is 0 Å². The van der Waals surface area contributed by atoms with Gasteiger partial charge in [-0.15, -0.1) is 0 Å². The van der Waals surface area contributed by atoms with E-state index >= 15 is 0 Å². The van der Waals surface area contributed by atoms with Crippen molar-refractivity contribution in [1.29, 1.82) is 0 Å². The average molecular weight is 527 g/mol. The smallest absolute Gasteiger partial charge is 0.264 e. The van der Waals surface area contributed by atoms with Crippen molar-refractivity contribution in [2.75, 3.05) is 17.9 Å². The van der Waals surface area contributed by atoms with Gasteiger partial charge in [-0.3, -0.25) is 4.79 Å². The highest BCUT2D eigenvalue weighted by Gasteiger charge is 2.30. The third kappa shape index (κ3) is 4.39. The molecule has 1 amide bonds. The van der Waals surface area contributed by atoms with Crippen LogP contribution in [0.15, 0.2) is 77.7 Å². The lowest BCUT2D eigenvalue weighted by atomic mass is 9.90. The quantitative estimate of drug-likeness (QED) is 0.386. The molecule has 0 radical (unpaired) electrons. The van der Waals surface area contributed by atoms with Crippen molar-refractivity contribution in [2.24, 2.45) is 0 Å². The van der Waals surface area contributed by atoms with Gasteiger partial charge in [-0.2, -0.15) is 4.98 Å². The van der Waals surface area contributed by atoms with Gasteiger partial charge < -0.3 is 9.64 Å². The SMILES string of the molecule is Cc1cccc(C)c1-c1cc2nc(n1)NS(=O)(=O)c1cccc(c1)C(=O)N1Cc3ccccc3C(CO2)C1. The van der Waals surface area contributed by atoms with Crippen molar-refractivity contribution in [1.82, 2.24) is 14.9 Å². The van der Waals surface area contributed by atoms with E-state index in [4.69, 9.17) is 4.74 Å². The summed E-state index contributed by atoms with van der Waals surface area (Å²) >= 11 is 0. The highest BCUT2D eigenvalue weighted by atomic mass is 32.2. The summed E-state index contributed by atoms with van der Waals surface area (Å²) in [6.45, 7) is 5.10. The van der Waals surface area contributed by atoms with E-state index in [0.717, 1.165) is 27.8 Å². The maximum Gasteiger partial charge on any atom is 0.264 e. The predicted octanol–water partition coefficient (Wildman–Crippen LogP) is 4.69. The van der Waals surface area contributed by atoms with Crippen molar-refractivity contribution < 1.29 is 17.9 Å². The van der Waals surface area contributed by atoms with Gasteiger partial charge in [0.05, 0.1) is 17.2 Å². The Morgan fingerprint density at radius 1 is 0.947 bits per heavy atom. The molecule has 0 aliphatic carbocycles. The molecule has 4 aromatic rings. The molecule has 1 aromatic heterocycles. The van der Waals surface area contributed by atoms with Gasteiger partial charge in [0.25, 0.3) is 15.9 Å². The number of hydrogen-bond acceptors (Lipinski definition) is 6. The summed E-state index contributed by atoms with van der Waals surface area (Å²) in [6.07, 6.45) is 0. The normalized spacial score (nSPS) is 18.0. The van der Waals surface area contributed by atoms with Gasteiger partial charge >= 0.3 is 0 Å². The molecule has 3 heterocycles. The largest absolute Gasteiger partial charge is 0.477 e. The van der Waals surface area contributed by atoms with Crippen molar-refractivity contribution in [3.63, 3.8) is 0 Å². The molecule has 9 heteroatoms. The Labute approximate surface area is 221 Å². The molecular formula is C29H26N4O4S. The maximum atomic E-state index is 13.5. The number of aromatic nitrogens is 2. The van der Waals surface area contributed by atoms with Crippen LogP contribution in [0, 0.1) is 13.8 Å². The average Bonchev–Trinajstić information content (AvgIpc) is 2.90. The van der Waals surface area contributed by atoms with E-state index < -0.39 is 10.0 Å².